The third kappa shape index (κ3) is 4.64. The zero-order valence-corrected chi connectivity index (χ0v) is 16.5. The highest BCUT2D eigenvalue weighted by Gasteiger charge is 2.19. The molecule has 1 amide bonds. The molecule has 26 heavy (non-hydrogen) atoms. The van der Waals surface area contributed by atoms with Crippen molar-refractivity contribution < 1.29 is 13.2 Å². The number of carbonyl (C=O) groups excluding carboxylic acids is 1. The van der Waals surface area contributed by atoms with Crippen LogP contribution in [0.4, 0.5) is 5.69 Å². The Labute approximate surface area is 156 Å². The van der Waals surface area contributed by atoms with E-state index in [1.807, 2.05) is 38.1 Å². The molecule has 0 unspecified atom stereocenters. The highest BCUT2D eigenvalue weighted by molar-refractivity contribution is 7.92. The maximum absolute atomic E-state index is 12.5. The van der Waals surface area contributed by atoms with Crippen molar-refractivity contribution in [1.29, 1.82) is 0 Å². The van der Waals surface area contributed by atoms with Crippen LogP contribution in [-0.4, -0.2) is 26.6 Å². The second-order valence-electron chi connectivity index (χ2n) is 6.22. The van der Waals surface area contributed by atoms with Crippen molar-refractivity contribution in [3.8, 4) is 0 Å². The van der Waals surface area contributed by atoms with Crippen molar-refractivity contribution in [2.75, 3.05) is 16.6 Å². The molecule has 2 rings (SSSR count). The summed E-state index contributed by atoms with van der Waals surface area (Å²) in [6.45, 7) is 7.71. The van der Waals surface area contributed by atoms with Crippen LogP contribution in [0.15, 0.2) is 48.5 Å². The monoisotopic (exact) mass is 374 g/mol. The lowest BCUT2D eigenvalue weighted by Crippen LogP contribution is -2.32. The molecule has 0 aliphatic heterocycles. The van der Waals surface area contributed by atoms with Gasteiger partial charge in [-0.15, -0.1) is 0 Å². The SMILES string of the molecule is CCN(c1ccc(C(=O)N[C@H](C)c2ccc(C)cc2)cc1)S(=O)(=O)CC. The fraction of sp³-hybridized carbons (Fsp3) is 0.350. The largest absolute Gasteiger partial charge is 0.346 e. The molecule has 0 saturated heterocycles. The number of carbonyl (C=O) groups is 1. The molecular weight excluding hydrogens is 348 g/mol. The van der Waals surface area contributed by atoms with E-state index in [-0.39, 0.29) is 17.7 Å². The van der Waals surface area contributed by atoms with Crippen LogP contribution in [0, 0.1) is 6.92 Å². The molecule has 2 aromatic carbocycles. The fourth-order valence-electron chi connectivity index (χ4n) is 2.69. The Bertz CT molecular complexity index is 844. The number of sulfonamides is 1. The van der Waals surface area contributed by atoms with Crippen LogP contribution in [0.25, 0.3) is 0 Å². The maximum Gasteiger partial charge on any atom is 0.251 e. The summed E-state index contributed by atoms with van der Waals surface area (Å²) < 4.78 is 25.6. The van der Waals surface area contributed by atoms with Crippen molar-refractivity contribution in [2.45, 2.75) is 33.7 Å². The Morgan fingerprint density at radius 2 is 1.62 bits per heavy atom. The van der Waals surface area contributed by atoms with Gasteiger partial charge in [0.1, 0.15) is 0 Å². The number of nitrogens with zero attached hydrogens (tertiary/aromatic N) is 1. The molecule has 0 radical (unpaired) electrons. The van der Waals surface area contributed by atoms with Crippen LogP contribution < -0.4 is 9.62 Å². The molecule has 0 heterocycles. The highest BCUT2D eigenvalue weighted by atomic mass is 32.2. The summed E-state index contributed by atoms with van der Waals surface area (Å²) in [4.78, 5) is 12.5. The Kier molecular flexibility index (Phi) is 6.42. The summed E-state index contributed by atoms with van der Waals surface area (Å²) in [5, 5.41) is 2.97. The zero-order valence-electron chi connectivity index (χ0n) is 15.7. The minimum absolute atomic E-state index is 0.0388. The van der Waals surface area contributed by atoms with E-state index in [2.05, 4.69) is 5.32 Å². The second kappa shape index (κ2) is 8.36. The fourth-order valence-corrected chi connectivity index (χ4v) is 3.84. The second-order valence-corrected chi connectivity index (χ2v) is 8.40. The summed E-state index contributed by atoms with van der Waals surface area (Å²) in [5.41, 5.74) is 3.27. The first-order valence-electron chi connectivity index (χ1n) is 8.76. The third-order valence-electron chi connectivity index (χ3n) is 4.33. The average Bonchev–Trinajstić information content (AvgIpc) is 2.63. The molecule has 1 atom stereocenters. The molecule has 6 heteroatoms. The summed E-state index contributed by atoms with van der Waals surface area (Å²) in [7, 11) is -3.32. The zero-order chi connectivity index (χ0) is 19.3. The van der Waals surface area contributed by atoms with Gasteiger partial charge in [0.25, 0.3) is 5.91 Å². The number of amides is 1. The molecule has 0 saturated carbocycles. The first-order valence-corrected chi connectivity index (χ1v) is 10.4. The van der Waals surface area contributed by atoms with E-state index in [0.29, 0.717) is 17.8 Å². The predicted octanol–water partition coefficient (Wildman–Crippen LogP) is 3.66. The first kappa shape index (κ1) is 20.0. The van der Waals surface area contributed by atoms with Crippen molar-refractivity contribution >= 4 is 21.6 Å². The lowest BCUT2D eigenvalue weighted by Gasteiger charge is -2.22. The Morgan fingerprint density at radius 1 is 1.04 bits per heavy atom. The quantitative estimate of drug-likeness (QED) is 0.804. The average molecular weight is 375 g/mol. The lowest BCUT2D eigenvalue weighted by molar-refractivity contribution is 0.0940. The molecule has 0 spiro atoms. The number of anilines is 1. The number of aryl methyl sites for hydroxylation is 1. The molecule has 0 fully saturated rings. The predicted molar refractivity (Wildman–Crippen MR) is 106 cm³/mol. The van der Waals surface area contributed by atoms with E-state index in [1.165, 1.54) is 9.87 Å². The van der Waals surface area contributed by atoms with E-state index in [0.717, 1.165) is 5.56 Å². The van der Waals surface area contributed by atoms with E-state index < -0.39 is 10.0 Å². The van der Waals surface area contributed by atoms with Gasteiger partial charge in [-0.25, -0.2) is 8.42 Å². The molecule has 0 aromatic heterocycles. The van der Waals surface area contributed by atoms with Crippen molar-refractivity contribution in [3.05, 3.63) is 65.2 Å². The van der Waals surface area contributed by atoms with Gasteiger partial charge in [0.15, 0.2) is 0 Å². The number of hydrogen-bond donors (Lipinski definition) is 1. The lowest BCUT2D eigenvalue weighted by atomic mass is 10.1. The van der Waals surface area contributed by atoms with Gasteiger partial charge in [0, 0.05) is 12.1 Å². The number of rotatable bonds is 7. The van der Waals surface area contributed by atoms with Crippen molar-refractivity contribution in [3.63, 3.8) is 0 Å². The van der Waals surface area contributed by atoms with Gasteiger partial charge in [-0.3, -0.25) is 9.10 Å². The Hall–Kier alpha value is -2.34. The van der Waals surface area contributed by atoms with E-state index in [1.54, 1.807) is 38.1 Å². The van der Waals surface area contributed by atoms with Crippen LogP contribution in [0.5, 0.6) is 0 Å². The summed E-state index contributed by atoms with van der Waals surface area (Å²) >= 11 is 0. The molecule has 5 nitrogen and oxygen atoms in total. The minimum Gasteiger partial charge on any atom is -0.346 e. The summed E-state index contributed by atoms with van der Waals surface area (Å²) in [6, 6.07) is 14.6. The summed E-state index contributed by atoms with van der Waals surface area (Å²) in [5.74, 6) is -0.150. The Morgan fingerprint density at radius 3 is 2.12 bits per heavy atom. The van der Waals surface area contributed by atoms with Crippen LogP contribution >= 0.6 is 0 Å². The highest BCUT2D eigenvalue weighted by Crippen LogP contribution is 2.20. The minimum atomic E-state index is -3.32. The molecule has 0 aliphatic carbocycles. The first-order chi connectivity index (χ1) is 12.3. The van der Waals surface area contributed by atoms with E-state index in [4.69, 9.17) is 0 Å². The van der Waals surface area contributed by atoms with E-state index >= 15 is 0 Å². The molecule has 140 valence electrons. The van der Waals surface area contributed by atoms with Crippen LogP contribution in [0.1, 0.15) is 48.3 Å². The molecule has 2 aromatic rings. The van der Waals surface area contributed by atoms with Gasteiger partial charge in [-0.1, -0.05) is 29.8 Å². The third-order valence-corrected chi connectivity index (χ3v) is 6.20. The van der Waals surface area contributed by atoms with Gasteiger partial charge in [0.05, 0.1) is 17.5 Å². The smallest absolute Gasteiger partial charge is 0.251 e. The van der Waals surface area contributed by atoms with Gasteiger partial charge < -0.3 is 5.32 Å². The molecule has 1 N–H and O–H groups in total. The van der Waals surface area contributed by atoms with Crippen LogP contribution in [0.3, 0.4) is 0 Å². The van der Waals surface area contributed by atoms with Crippen molar-refractivity contribution in [1.82, 2.24) is 5.32 Å². The van der Waals surface area contributed by atoms with E-state index in [9.17, 15) is 13.2 Å². The maximum atomic E-state index is 12.5. The van der Waals surface area contributed by atoms with Crippen LogP contribution in [-0.2, 0) is 10.0 Å². The topological polar surface area (TPSA) is 66.5 Å². The standard InChI is InChI=1S/C20H26N2O3S/c1-5-22(26(24,25)6-2)19-13-11-18(12-14-19)20(23)21-16(4)17-9-7-15(3)8-10-17/h7-14,16H,5-6H2,1-4H3,(H,21,23)/t16-/m1/s1. The van der Waals surface area contributed by atoms with Gasteiger partial charge >= 0.3 is 0 Å². The number of hydrogen-bond acceptors (Lipinski definition) is 3. The summed E-state index contributed by atoms with van der Waals surface area (Å²) in [6.07, 6.45) is 0. The molecule has 0 bridgehead atoms. The molecule has 0 aliphatic rings. The Balaban J connectivity index is 2.12. The number of benzene rings is 2. The van der Waals surface area contributed by atoms with Crippen molar-refractivity contribution in [2.24, 2.45) is 0 Å². The van der Waals surface area contributed by atoms with Gasteiger partial charge in [-0.05, 0) is 57.5 Å². The normalized spacial score (nSPS) is 12.5. The number of nitrogens with one attached hydrogen (secondary N) is 1. The van der Waals surface area contributed by atoms with Crippen LogP contribution in [0.2, 0.25) is 0 Å². The van der Waals surface area contributed by atoms with Gasteiger partial charge in [-0.2, -0.15) is 0 Å². The van der Waals surface area contributed by atoms with Gasteiger partial charge in [0.2, 0.25) is 10.0 Å². The molecular formula is C20H26N2O3S.